The fourth-order valence-electron chi connectivity index (χ4n) is 1.79. The molecular weight excluding hydrogens is 212 g/mol. The van der Waals surface area contributed by atoms with Crippen molar-refractivity contribution >= 4 is 0 Å². The number of hydrogen-bond donors (Lipinski definition) is 1. The third-order valence-electron chi connectivity index (χ3n) is 2.72. The van der Waals surface area contributed by atoms with Gasteiger partial charge in [0.2, 0.25) is 0 Å². The minimum absolute atomic E-state index is 0.0426. The van der Waals surface area contributed by atoms with Gasteiger partial charge in [-0.25, -0.2) is 8.78 Å². The second kappa shape index (κ2) is 4.89. The maximum atomic E-state index is 13.0. The van der Waals surface area contributed by atoms with Crippen LogP contribution in [0.25, 0.3) is 0 Å². The molecule has 2 atom stereocenters. The quantitative estimate of drug-likeness (QED) is 0.833. The van der Waals surface area contributed by atoms with Gasteiger partial charge in [0, 0.05) is 12.6 Å². The molecule has 1 fully saturated rings. The van der Waals surface area contributed by atoms with Crippen LogP contribution in [0, 0.1) is 11.6 Å². The van der Waals surface area contributed by atoms with Crippen LogP contribution in [0.1, 0.15) is 12.5 Å². The monoisotopic (exact) mass is 227 g/mol. The maximum absolute atomic E-state index is 13.0. The first-order valence-electron chi connectivity index (χ1n) is 5.44. The highest BCUT2D eigenvalue weighted by atomic mass is 19.2. The number of hydrogen-bond acceptors (Lipinski definition) is 2. The summed E-state index contributed by atoms with van der Waals surface area (Å²) in [6.45, 7) is 3.46. The Balaban J connectivity index is 1.96. The van der Waals surface area contributed by atoms with Crippen LogP contribution < -0.4 is 5.32 Å². The van der Waals surface area contributed by atoms with Crippen molar-refractivity contribution in [2.24, 2.45) is 0 Å². The van der Waals surface area contributed by atoms with Gasteiger partial charge in [-0.15, -0.1) is 0 Å². The van der Waals surface area contributed by atoms with Crippen molar-refractivity contribution in [2.75, 3.05) is 13.2 Å². The molecule has 16 heavy (non-hydrogen) atoms. The Morgan fingerprint density at radius 1 is 1.38 bits per heavy atom. The van der Waals surface area contributed by atoms with E-state index in [4.69, 9.17) is 4.74 Å². The summed E-state index contributed by atoms with van der Waals surface area (Å²) in [5.74, 6) is -1.60. The maximum Gasteiger partial charge on any atom is 0.159 e. The zero-order chi connectivity index (χ0) is 11.5. The van der Waals surface area contributed by atoms with Crippen molar-refractivity contribution in [2.45, 2.75) is 25.5 Å². The third kappa shape index (κ3) is 2.77. The summed E-state index contributed by atoms with van der Waals surface area (Å²) in [6.07, 6.45) is 0.651. The van der Waals surface area contributed by atoms with Gasteiger partial charge in [-0.2, -0.15) is 0 Å². The molecule has 0 aromatic heterocycles. The average Bonchev–Trinajstić information content (AvgIpc) is 2.27. The Morgan fingerprint density at radius 2 is 2.19 bits per heavy atom. The largest absolute Gasteiger partial charge is 0.375 e. The van der Waals surface area contributed by atoms with E-state index in [-0.39, 0.29) is 6.10 Å². The van der Waals surface area contributed by atoms with E-state index in [2.05, 4.69) is 5.32 Å². The Kier molecular flexibility index (Phi) is 3.51. The van der Waals surface area contributed by atoms with E-state index in [9.17, 15) is 8.78 Å². The number of benzene rings is 1. The molecule has 0 aliphatic carbocycles. The minimum atomic E-state index is -0.806. The molecule has 1 aromatic rings. The molecule has 0 saturated carbocycles. The third-order valence-corrected chi connectivity index (χ3v) is 2.72. The number of ether oxygens (including phenoxy) is 1. The summed E-state index contributed by atoms with van der Waals surface area (Å²) in [7, 11) is 0. The molecule has 0 bridgehead atoms. The Labute approximate surface area is 93.6 Å². The van der Waals surface area contributed by atoms with Crippen LogP contribution >= 0.6 is 0 Å². The van der Waals surface area contributed by atoms with Crippen LogP contribution in [-0.2, 0) is 11.2 Å². The Hall–Kier alpha value is -1.00. The van der Waals surface area contributed by atoms with Gasteiger partial charge in [0.15, 0.2) is 11.6 Å². The molecule has 1 aliphatic rings. The zero-order valence-electron chi connectivity index (χ0n) is 9.17. The lowest BCUT2D eigenvalue weighted by molar-refractivity contribution is 0.00877. The summed E-state index contributed by atoms with van der Waals surface area (Å²) in [6, 6.07) is 4.35. The van der Waals surface area contributed by atoms with Crippen LogP contribution in [0.3, 0.4) is 0 Å². The first-order chi connectivity index (χ1) is 7.65. The first kappa shape index (κ1) is 11.5. The lowest BCUT2D eigenvalue weighted by atomic mass is 10.1. The minimum Gasteiger partial charge on any atom is -0.375 e. The predicted molar refractivity (Wildman–Crippen MR) is 57.3 cm³/mol. The molecule has 0 radical (unpaired) electrons. The van der Waals surface area contributed by atoms with Crippen molar-refractivity contribution in [3.05, 3.63) is 35.4 Å². The smallest absolute Gasteiger partial charge is 0.159 e. The predicted octanol–water partition coefficient (Wildman–Crippen LogP) is 1.88. The van der Waals surface area contributed by atoms with E-state index in [1.54, 1.807) is 6.07 Å². The average molecular weight is 227 g/mol. The summed E-state index contributed by atoms with van der Waals surface area (Å²) in [5, 5.41) is 3.29. The molecule has 1 aliphatic heterocycles. The molecule has 1 saturated heterocycles. The summed E-state index contributed by atoms with van der Waals surface area (Å²) < 4.78 is 31.3. The van der Waals surface area contributed by atoms with Gasteiger partial charge in [-0.1, -0.05) is 6.07 Å². The number of nitrogens with one attached hydrogen (secondary N) is 1. The first-order valence-corrected chi connectivity index (χ1v) is 5.44. The van der Waals surface area contributed by atoms with Gasteiger partial charge in [0.1, 0.15) is 0 Å². The van der Waals surface area contributed by atoms with Crippen molar-refractivity contribution in [3.63, 3.8) is 0 Å². The number of rotatable bonds is 2. The zero-order valence-corrected chi connectivity index (χ0v) is 9.17. The summed E-state index contributed by atoms with van der Waals surface area (Å²) in [5.41, 5.74) is 0.764. The fraction of sp³-hybridized carbons (Fsp3) is 0.500. The summed E-state index contributed by atoms with van der Waals surface area (Å²) >= 11 is 0. The highest BCUT2D eigenvalue weighted by Crippen LogP contribution is 2.13. The van der Waals surface area contributed by atoms with Gasteiger partial charge < -0.3 is 10.1 Å². The SMILES string of the molecule is CC1COC(Cc2ccc(F)c(F)c2)CN1. The highest BCUT2D eigenvalue weighted by molar-refractivity contribution is 5.18. The lowest BCUT2D eigenvalue weighted by Crippen LogP contribution is -2.45. The van der Waals surface area contributed by atoms with E-state index in [0.29, 0.717) is 19.1 Å². The van der Waals surface area contributed by atoms with E-state index < -0.39 is 11.6 Å². The molecule has 0 spiro atoms. The molecule has 1 N–H and O–H groups in total. The Bertz CT molecular complexity index is 362. The van der Waals surface area contributed by atoms with Crippen LogP contribution in [0.5, 0.6) is 0 Å². The molecule has 2 nitrogen and oxygen atoms in total. The standard InChI is InChI=1S/C12H15F2NO/c1-8-7-16-10(6-15-8)4-9-2-3-11(13)12(14)5-9/h2-3,5,8,10,15H,4,6-7H2,1H3. The molecule has 0 amide bonds. The van der Waals surface area contributed by atoms with Crippen LogP contribution in [0.15, 0.2) is 18.2 Å². The molecule has 1 heterocycles. The van der Waals surface area contributed by atoms with Crippen molar-refractivity contribution in [1.29, 1.82) is 0 Å². The van der Waals surface area contributed by atoms with Gasteiger partial charge in [-0.3, -0.25) is 0 Å². The molecule has 2 unspecified atom stereocenters. The normalized spacial score (nSPS) is 25.7. The van der Waals surface area contributed by atoms with Gasteiger partial charge in [0.05, 0.1) is 12.7 Å². The summed E-state index contributed by atoms with van der Waals surface area (Å²) in [4.78, 5) is 0. The van der Waals surface area contributed by atoms with Crippen molar-refractivity contribution in [1.82, 2.24) is 5.32 Å². The van der Waals surface area contributed by atoms with Crippen molar-refractivity contribution < 1.29 is 13.5 Å². The van der Waals surface area contributed by atoms with Gasteiger partial charge in [-0.05, 0) is 31.0 Å². The van der Waals surface area contributed by atoms with Crippen LogP contribution in [0.2, 0.25) is 0 Å². The fourth-order valence-corrected chi connectivity index (χ4v) is 1.79. The second-order valence-electron chi connectivity index (χ2n) is 4.22. The lowest BCUT2D eigenvalue weighted by Gasteiger charge is -2.28. The van der Waals surface area contributed by atoms with E-state index >= 15 is 0 Å². The second-order valence-corrected chi connectivity index (χ2v) is 4.22. The number of morpholine rings is 1. The van der Waals surface area contributed by atoms with E-state index in [1.807, 2.05) is 6.92 Å². The molecule has 2 rings (SSSR count). The van der Waals surface area contributed by atoms with E-state index in [0.717, 1.165) is 18.2 Å². The van der Waals surface area contributed by atoms with E-state index in [1.165, 1.54) is 6.07 Å². The van der Waals surface area contributed by atoms with Crippen LogP contribution in [0.4, 0.5) is 8.78 Å². The molecule has 4 heteroatoms. The number of halogens is 2. The van der Waals surface area contributed by atoms with Crippen LogP contribution in [-0.4, -0.2) is 25.3 Å². The molecule has 1 aromatic carbocycles. The molecule has 88 valence electrons. The van der Waals surface area contributed by atoms with Gasteiger partial charge in [0.25, 0.3) is 0 Å². The highest BCUT2D eigenvalue weighted by Gasteiger charge is 2.18. The molecular formula is C12H15F2NO. The Morgan fingerprint density at radius 3 is 2.81 bits per heavy atom. The van der Waals surface area contributed by atoms with Gasteiger partial charge >= 0.3 is 0 Å². The topological polar surface area (TPSA) is 21.3 Å². The van der Waals surface area contributed by atoms with Crippen molar-refractivity contribution in [3.8, 4) is 0 Å².